The van der Waals surface area contributed by atoms with E-state index in [9.17, 15) is 0 Å². The van der Waals surface area contributed by atoms with Crippen LogP contribution in [0.3, 0.4) is 0 Å². The van der Waals surface area contributed by atoms with Crippen molar-refractivity contribution in [3.63, 3.8) is 0 Å². The molecule has 0 amide bonds. The van der Waals surface area contributed by atoms with E-state index in [1.807, 2.05) is 13.8 Å². The molecule has 3 nitrogen and oxygen atoms in total. The molecule has 2 aliphatic heterocycles. The molecule has 118 valence electrons. The fourth-order valence-corrected chi connectivity index (χ4v) is 3.57. The molecule has 0 radical (unpaired) electrons. The maximum Gasteiger partial charge on any atom is 0.0709 e. The maximum atomic E-state index is 4.66. The van der Waals surface area contributed by atoms with Crippen molar-refractivity contribution in [3.05, 3.63) is 35.5 Å². The average Bonchev–Trinajstić information content (AvgIpc) is 2.45. The largest absolute Gasteiger partial charge is 0.370 e. The molecule has 22 heavy (non-hydrogen) atoms. The lowest BCUT2D eigenvalue weighted by Gasteiger charge is -2.57. The summed E-state index contributed by atoms with van der Waals surface area (Å²) in [6.45, 7) is 13.1. The van der Waals surface area contributed by atoms with Crippen molar-refractivity contribution in [1.29, 1.82) is 0 Å². The minimum absolute atomic E-state index is 0.577. The molecule has 2 aliphatic rings. The fourth-order valence-electron chi connectivity index (χ4n) is 3.57. The van der Waals surface area contributed by atoms with E-state index < -0.39 is 0 Å². The van der Waals surface area contributed by atoms with Crippen molar-refractivity contribution < 1.29 is 0 Å². The van der Waals surface area contributed by atoms with Crippen LogP contribution in [0.15, 0.2) is 24.3 Å². The van der Waals surface area contributed by atoms with Crippen molar-refractivity contribution in [2.45, 2.75) is 34.1 Å². The van der Waals surface area contributed by atoms with E-state index in [4.69, 9.17) is 0 Å². The molecule has 0 saturated carbocycles. The Balaban J connectivity index is 0.000000693. The Hall–Kier alpha value is -1.61. The number of aryl methyl sites for hydroxylation is 2. The number of benzene rings is 1. The zero-order valence-electron chi connectivity index (χ0n) is 14.2. The third-order valence-corrected chi connectivity index (χ3v) is 4.80. The molecule has 1 spiro atoms. The van der Waals surface area contributed by atoms with Gasteiger partial charge in [-0.25, -0.2) is 0 Å². The number of hydrogen-bond acceptors (Lipinski definition) is 3. The number of rotatable bonds is 2. The number of aromatic nitrogens is 1. The molecule has 1 N–H and O–H groups in total. The van der Waals surface area contributed by atoms with Crippen LogP contribution >= 0.6 is 0 Å². The van der Waals surface area contributed by atoms with Crippen LogP contribution in [0.5, 0.6) is 0 Å². The van der Waals surface area contributed by atoms with Crippen LogP contribution in [0.4, 0.5) is 5.69 Å². The number of anilines is 1. The molecule has 0 atom stereocenters. The quantitative estimate of drug-likeness (QED) is 0.919. The Morgan fingerprint density at radius 1 is 1.18 bits per heavy atom. The number of hydrogen-bond donors (Lipinski definition) is 1. The van der Waals surface area contributed by atoms with Crippen molar-refractivity contribution in [3.8, 4) is 0 Å². The minimum Gasteiger partial charge on any atom is -0.370 e. The second-order valence-corrected chi connectivity index (χ2v) is 6.44. The Kier molecular flexibility index (Phi) is 4.09. The first-order chi connectivity index (χ1) is 10.7. The van der Waals surface area contributed by atoms with E-state index in [1.54, 1.807) is 0 Å². The minimum atomic E-state index is 0.577. The molecule has 2 fully saturated rings. The summed E-state index contributed by atoms with van der Waals surface area (Å²) in [7, 11) is 0. The average molecular weight is 297 g/mol. The predicted octanol–water partition coefficient (Wildman–Crippen LogP) is 3.54. The Morgan fingerprint density at radius 3 is 2.50 bits per heavy atom. The lowest BCUT2D eigenvalue weighted by Crippen LogP contribution is -2.71. The monoisotopic (exact) mass is 297 g/mol. The zero-order chi connectivity index (χ0) is 15.7. The van der Waals surface area contributed by atoms with E-state index in [0.717, 1.165) is 17.6 Å². The SMILES string of the molecule is CC.CCc1cc(C)nc2ccc(N3CC4(CNC4)C3)cc12. The lowest BCUT2D eigenvalue weighted by atomic mass is 9.74. The molecule has 2 aromatic rings. The van der Waals surface area contributed by atoms with Crippen molar-refractivity contribution in [2.75, 3.05) is 31.1 Å². The highest BCUT2D eigenvalue weighted by Crippen LogP contribution is 2.38. The number of fused-ring (bicyclic) bond motifs is 1. The van der Waals surface area contributed by atoms with Gasteiger partial charge in [0.15, 0.2) is 0 Å². The molecule has 3 heterocycles. The first-order valence-electron chi connectivity index (χ1n) is 8.55. The van der Waals surface area contributed by atoms with Crippen LogP contribution in [-0.2, 0) is 6.42 Å². The summed E-state index contributed by atoms with van der Waals surface area (Å²) in [4.78, 5) is 7.16. The van der Waals surface area contributed by atoms with Gasteiger partial charge < -0.3 is 10.2 Å². The molecular formula is C19H27N3. The van der Waals surface area contributed by atoms with Crippen LogP contribution in [0, 0.1) is 12.3 Å². The van der Waals surface area contributed by atoms with E-state index in [2.05, 4.69) is 53.3 Å². The Labute approximate surface area is 133 Å². The topological polar surface area (TPSA) is 28.2 Å². The smallest absolute Gasteiger partial charge is 0.0709 e. The second kappa shape index (κ2) is 5.88. The highest BCUT2D eigenvalue weighted by Gasteiger charge is 2.47. The summed E-state index contributed by atoms with van der Waals surface area (Å²) < 4.78 is 0. The molecule has 1 aromatic carbocycles. The van der Waals surface area contributed by atoms with Gasteiger partial charge in [-0.1, -0.05) is 20.8 Å². The Morgan fingerprint density at radius 2 is 1.91 bits per heavy atom. The summed E-state index contributed by atoms with van der Waals surface area (Å²) in [6, 6.07) is 8.97. The van der Waals surface area contributed by atoms with Gasteiger partial charge in [0.2, 0.25) is 0 Å². The highest BCUT2D eigenvalue weighted by atomic mass is 15.3. The van der Waals surface area contributed by atoms with Gasteiger partial charge in [-0.2, -0.15) is 0 Å². The van der Waals surface area contributed by atoms with Gasteiger partial charge in [0.25, 0.3) is 0 Å². The summed E-state index contributed by atoms with van der Waals surface area (Å²) in [5, 5.41) is 4.72. The van der Waals surface area contributed by atoms with Crippen LogP contribution in [0.25, 0.3) is 10.9 Å². The molecule has 2 saturated heterocycles. The van der Waals surface area contributed by atoms with Gasteiger partial charge in [0.05, 0.1) is 5.52 Å². The summed E-state index contributed by atoms with van der Waals surface area (Å²) >= 11 is 0. The number of nitrogens with zero attached hydrogens (tertiary/aromatic N) is 2. The van der Waals surface area contributed by atoms with Gasteiger partial charge in [-0.05, 0) is 43.2 Å². The Bertz CT molecular complexity index is 666. The molecule has 1 aromatic heterocycles. The normalized spacial score (nSPS) is 18.5. The zero-order valence-corrected chi connectivity index (χ0v) is 14.2. The van der Waals surface area contributed by atoms with Crippen LogP contribution in [0.2, 0.25) is 0 Å². The summed E-state index contributed by atoms with van der Waals surface area (Å²) in [5.74, 6) is 0. The summed E-state index contributed by atoms with van der Waals surface area (Å²) in [6.07, 6.45) is 1.07. The van der Waals surface area contributed by atoms with Crippen LogP contribution in [0.1, 0.15) is 32.0 Å². The van der Waals surface area contributed by atoms with Crippen LogP contribution < -0.4 is 10.2 Å². The third-order valence-electron chi connectivity index (χ3n) is 4.80. The summed E-state index contributed by atoms with van der Waals surface area (Å²) in [5.41, 5.74) is 5.59. The lowest BCUT2D eigenvalue weighted by molar-refractivity contribution is 0.121. The van der Waals surface area contributed by atoms with E-state index in [0.29, 0.717) is 5.41 Å². The van der Waals surface area contributed by atoms with Crippen molar-refractivity contribution >= 4 is 16.6 Å². The van der Waals surface area contributed by atoms with Gasteiger partial charge >= 0.3 is 0 Å². The first kappa shape index (κ1) is 15.3. The molecular weight excluding hydrogens is 270 g/mol. The van der Waals surface area contributed by atoms with Crippen molar-refractivity contribution in [2.24, 2.45) is 5.41 Å². The molecule has 0 aliphatic carbocycles. The number of nitrogens with one attached hydrogen (secondary N) is 1. The van der Waals surface area contributed by atoms with E-state index in [-0.39, 0.29) is 0 Å². The fraction of sp³-hybridized carbons (Fsp3) is 0.526. The van der Waals surface area contributed by atoms with Crippen molar-refractivity contribution in [1.82, 2.24) is 10.3 Å². The van der Waals surface area contributed by atoms with Gasteiger partial charge in [0.1, 0.15) is 0 Å². The maximum absolute atomic E-state index is 4.66. The molecule has 0 unspecified atom stereocenters. The van der Waals surface area contributed by atoms with Gasteiger partial charge in [-0.15, -0.1) is 0 Å². The first-order valence-corrected chi connectivity index (χ1v) is 8.55. The van der Waals surface area contributed by atoms with E-state index >= 15 is 0 Å². The molecule has 4 rings (SSSR count). The highest BCUT2D eigenvalue weighted by molar-refractivity contribution is 5.86. The number of pyridine rings is 1. The second-order valence-electron chi connectivity index (χ2n) is 6.44. The molecule has 3 heteroatoms. The standard InChI is InChI=1S/C17H21N3.C2H6/c1-3-13-6-12(2)19-16-5-4-14(7-15(13)16)20-10-17(11-20)8-18-9-17;1-2/h4-7,18H,3,8-11H2,1-2H3;1-2H3. The van der Waals surface area contributed by atoms with E-state index in [1.165, 1.54) is 42.8 Å². The third kappa shape index (κ3) is 2.48. The van der Waals surface area contributed by atoms with Crippen LogP contribution in [-0.4, -0.2) is 31.2 Å². The van der Waals surface area contributed by atoms with Gasteiger partial charge in [0, 0.05) is 48.4 Å². The molecule has 0 bridgehead atoms. The predicted molar refractivity (Wildman–Crippen MR) is 94.7 cm³/mol. The van der Waals surface area contributed by atoms with Gasteiger partial charge in [-0.3, -0.25) is 4.98 Å².